The maximum absolute atomic E-state index is 14.6. The van der Waals surface area contributed by atoms with Gasteiger partial charge in [-0.3, -0.25) is 0 Å². The smallest absolute Gasteiger partial charge is 0.341 e. The van der Waals surface area contributed by atoms with Crippen LogP contribution >= 0.6 is 11.6 Å². The number of hydrogen-bond acceptors (Lipinski definition) is 7. The quantitative estimate of drug-likeness (QED) is 0.277. The summed E-state index contributed by atoms with van der Waals surface area (Å²) in [5.74, 6) is 0.744. The first-order valence-electron chi connectivity index (χ1n) is 11.5. The van der Waals surface area contributed by atoms with Crippen LogP contribution < -0.4 is 14.8 Å². The third-order valence-corrected chi connectivity index (χ3v) is 5.83. The summed E-state index contributed by atoms with van der Waals surface area (Å²) in [4.78, 5) is 20.9. The number of hydrogen-bond donors (Lipinski definition) is 1. The van der Waals surface area contributed by atoms with Gasteiger partial charge >= 0.3 is 5.97 Å². The lowest BCUT2D eigenvalue weighted by atomic mass is 10.1. The van der Waals surface area contributed by atoms with Crippen LogP contribution in [0.5, 0.6) is 11.5 Å². The van der Waals surface area contributed by atoms with Crippen molar-refractivity contribution in [2.75, 3.05) is 32.2 Å². The van der Waals surface area contributed by atoms with Gasteiger partial charge in [0.1, 0.15) is 40.2 Å². The predicted molar refractivity (Wildman–Crippen MR) is 137 cm³/mol. The molecule has 2 aromatic carbocycles. The Kier molecular flexibility index (Phi) is 7.90. The Morgan fingerprint density at radius 2 is 1.92 bits per heavy atom. The maximum Gasteiger partial charge on any atom is 0.341 e. The van der Waals surface area contributed by atoms with Crippen molar-refractivity contribution in [3.8, 4) is 22.8 Å². The molecule has 0 fully saturated rings. The van der Waals surface area contributed by atoms with Gasteiger partial charge in [-0.1, -0.05) is 17.7 Å². The zero-order chi connectivity index (χ0) is 25.7. The SMILES string of the molecule is CCOC(=O)c1ccc(-c2cc(NCCn3c(Cl)cc4c(OC)ccc(F)c43)ncn2)cc1OCC. The molecule has 188 valence electrons. The number of halogens is 2. The van der Waals surface area contributed by atoms with E-state index in [2.05, 4.69) is 15.3 Å². The molecule has 0 amide bonds. The van der Waals surface area contributed by atoms with Gasteiger partial charge in [-0.15, -0.1) is 0 Å². The second-order valence-corrected chi connectivity index (χ2v) is 8.10. The van der Waals surface area contributed by atoms with Crippen molar-refractivity contribution >= 4 is 34.3 Å². The molecule has 8 nitrogen and oxygen atoms in total. The van der Waals surface area contributed by atoms with Gasteiger partial charge < -0.3 is 24.1 Å². The Hall–Kier alpha value is -3.85. The van der Waals surface area contributed by atoms with E-state index in [1.807, 2.05) is 6.92 Å². The molecule has 0 aliphatic rings. The fourth-order valence-electron chi connectivity index (χ4n) is 3.92. The molecule has 4 aromatic rings. The Labute approximate surface area is 213 Å². The Bertz CT molecular complexity index is 1390. The minimum Gasteiger partial charge on any atom is -0.496 e. The lowest BCUT2D eigenvalue weighted by Crippen LogP contribution is -2.12. The van der Waals surface area contributed by atoms with Crippen LogP contribution in [-0.2, 0) is 11.3 Å². The van der Waals surface area contributed by atoms with Crippen molar-refractivity contribution in [3.63, 3.8) is 0 Å². The minimum absolute atomic E-state index is 0.275. The van der Waals surface area contributed by atoms with Crippen LogP contribution in [0.2, 0.25) is 5.15 Å². The first-order chi connectivity index (χ1) is 17.5. The van der Waals surface area contributed by atoms with Crippen molar-refractivity contribution in [1.82, 2.24) is 14.5 Å². The summed E-state index contributed by atoms with van der Waals surface area (Å²) in [5, 5.41) is 4.25. The molecule has 0 radical (unpaired) electrons. The summed E-state index contributed by atoms with van der Waals surface area (Å²) in [6.45, 7) is 5.10. The van der Waals surface area contributed by atoms with Gasteiger partial charge in [0.15, 0.2) is 0 Å². The molecule has 0 atom stereocenters. The normalized spacial score (nSPS) is 10.9. The van der Waals surface area contributed by atoms with Crippen molar-refractivity contribution in [3.05, 3.63) is 65.3 Å². The molecular weight excluding hydrogens is 487 g/mol. The van der Waals surface area contributed by atoms with Gasteiger partial charge in [-0.05, 0) is 44.2 Å². The monoisotopic (exact) mass is 512 g/mol. The van der Waals surface area contributed by atoms with E-state index in [1.54, 1.807) is 47.9 Å². The maximum atomic E-state index is 14.6. The molecule has 2 aromatic heterocycles. The number of rotatable bonds is 10. The zero-order valence-electron chi connectivity index (χ0n) is 20.2. The molecule has 10 heteroatoms. The summed E-state index contributed by atoms with van der Waals surface area (Å²) in [7, 11) is 1.54. The number of nitrogens with one attached hydrogen (secondary N) is 1. The summed E-state index contributed by atoms with van der Waals surface area (Å²) < 4.78 is 32.4. The van der Waals surface area contributed by atoms with E-state index in [0.29, 0.717) is 64.3 Å². The highest BCUT2D eigenvalue weighted by molar-refractivity contribution is 6.31. The largest absolute Gasteiger partial charge is 0.496 e. The van der Waals surface area contributed by atoms with Gasteiger partial charge in [-0.2, -0.15) is 0 Å². The van der Waals surface area contributed by atoms with Crippen LogP contribution in [0.15, 0.2) is 48.8 Å². The van der Waals surface area contributed by atoms with Crippen molar-refractivity contribution in [1.29, 1.82) is 0 Å². The molecule has 0 saturated carbocycles. The molecule has 0 aliphatic carbocycles. The summed E-state index contributed by atoms with van der Waals surface area (Å²) in [6.07, 6.45) is 1.44. The molecule has 36 heavy (non-hydrogen) atoms. The number of benzene rings is 2. The fraction of sp³-hybridized carbons (Fsp3) is 0.269. The van der Waals surface area contributed by atoms with Crippen LogP contribution in [0.1, 0.15) is 24.2 Å². The molecule has 0 saturated heterocycles. The number of ether oxygens (including phenoxy) is 3. The van der Waals surface area contributed by atoms with E-state index in [1.165, 1.54) is 19.5 Å². The lowest BCUT2D eigenvalue weighted by Gasteiger charge is -2.13. The molecule has 4 rings (SSSR count). The molecule has 0 aliphatic heterocycles. The lowest BCUT2D eigenvalue weighted by molar-refractivity contribution is 0.0522. The molecular formula is C26H26ClFN4O4. The van der Waals surface area contributed by atoms with Gasteiger partial charge in [0.25, 0.3) is 0 Å². The van der Waals surface area contributed by atoms with Crippen LogP contribution in [0.25, 0.3) is 22.2 Å². The van der Waals surface area contributed by atoms with Gasteiger partial charge in [-0.25, -0.2) is 19.2 Å². The van der Waals surface area contributed by atoms with E-state index >= 15 is 0 Å². The number of nitrogens with zero attached hydrogens (tertiary/aromatic N) is 3. The molecule has 0 unspecified atom stereocenters. The Morgan fingerprint density at radius 3 is 2.67 bits per heavy atom. The standard InChI is InChI=1S/C26H26ClFN4O4/c1-4-35-22-12-16(6-7-17(22)26(33)36-5-2)20-14-24(31-15-30-20)29-10-11-32-23(27)13-18-21(34-3)9-8-19(28)25(18)32/h6-9,12-15H,4-5,10-11H2,1-3H3,(H,29,30,31). The number of aromatic nitrogens is 3. The number of carbonyl (C=O) groups is 1. The van der Waals surface area contributed by atoms with Gasteiger partial charge in [0, 0.05) is 30.1 Å². The number of methoxy groups -OCH3 is 1. The van der Waals surface area contributed by atoms with E-state index in [9.17, 15) is 9.18 Å². The fourth-order valence-corrected chi connectivity index (χ4v) is 4.20. The van der Waals surface area contributed by atoms with Crippen molar-refractivity contribution in [2.45, 2.75) is 20.4 Å². The first kappa shape index (κ1) is 25.2. The van der Waals surface area contributed by atoms with Gasteiger partial charge in [0.2, 0.25) is 0 Å². The average Bonchev–Trinajstić information content (AvgIpc) is 3.21. The minimum atomic E-state index is -0.442. The second-order valence-electron chi connectivity index (χ2n) is 7.71. The summed E-state index contributed by atoms with van der Waals surface area (Å²) >= 11 is 6.39. The molecule has 1 N–H and O–H groups in total. The van der Waals surface area contributed by atoms with Gasteiger partial charge in [0.05, 0.1) is 31.5 Å². The van der Waals surface area contributed by atoms with Crippen molar-refractivity contribution in [2.24, 2.45) is 0 Å². The molecule has 0 bridgehead atoms. The third-order valence-electron chi connectivity index (χ3n) is 5.52. The number of anilines is 1. The van der Waals surface area contributed by atoms with Crippen molar-refractivity contribution < 1.29 is 23.4 Å². The number of esters is 1. The van der Waals surface area contributed by atoms with Crippen LogP contribution in [0, 0.1) is 5.82 Å². The predicted octanol–water partition coefficient (Wildman–Crippen LogP) is 5.59. The number of carbonyl (C=O) groups excluding carboxylic acids is 1. The Morgan fingerprint density at radius 1 is 1.08 bits per heavy atom. The topological polar surface area (TPSA) is 87.5 Å². The van der Waals surface area contributed by atoms with E-state index in [4.69, 9.17) is 25.8 Å². The third kappa shape index (κ3) is 5.21. The highest BCUT2D eigenvalue weighted by Crippen LogP contribution is 2.33. The van der Waals surface area contributed by atoms with Crippen LogP contribution in [-0.4, -0.2) is 47.4 Å². The van der Waals surface area contributed by atoms with E-state index in [0.717, 1.165) is 5.56 Å². The number of fused-ring (bicyclic) bond motifs is 1. The van der Waals surface area contributed by atoms with E-state index < -0.39 is 5.97 Å². The molecule has 0 spiro atoms. The summed E-state index contributed by atoms with van der Waals surface area (Å²) in [6, 6.07) is 11.6. The first-order valence-corrected chi connectivity index (χ1v) is 11.9. The van der Waals surface area contributed by atoms with Crippen LogP contribution in [0.3, 0.4) is 0 Å². The summed E-state index contributed by atoms with van der Waals surface area (Å²) in [5.41, 5.74) is 2.14. The Balaban J connectivity index is 1.52. The van der Waals surface area contributed by atoms with Crippen LogP contribution in [0.4, 0.5) is 10.2 Å². The zero-order valence-corrected chi connectivity index (χ0v) is 20.9. The molecule has 2 heterocycles. The highest BCUT2D eigenvalue weighted by atomic mass is 35.5. The highest BCUT2D eigenvalue weighted by Gasteiger charge is 2.17. The second kappa shape index (κ2) is 11.3. The van der Waals surface area contributed by atoms with E-state index in [-0.39, 0.29) is 12.4 Å². The average molecular weight is 513 g/mol.